The van der Waals surface area contributed by atoms with E-state index >= 15 is 0 Å². The summed E-state index contributed by atoms with van der Waals surface area (Å²) in [5, 5.41) is 0. The fourth-order valence-corrected chi connectivity index (χ4v) is 1.78. The molecule has 2 saturated carbocycles. The zero-order valence-corrected chi connectivity index (χ0v) is 17.4. The monoisotopic (exact) mass is 386 g/mol. The average Bonchev–Trinajstić information content (AvgIpc) is 3.29. The van der Waals surface area contributed by atoms with Gasteiger partial charge in [0, 0.05) is 0 Å². The molecule has 0 N–H and O–H groups in total. The van der Waals surface area contributed by atoms with E-state index < -0.39 is 0 Å². The van der Waals surface area contributed by atoms with Crippen molar-refractivity contribution in [2.45, 2.75) is 58.8 Å². The average molecular weight is 388 g/mol. The number of rotatable bonds is 7. The van der Waals surface area contributed by atoms with Crippen LogP contribution in [0.25, 0.3) is 0 Å². The van der Waals surface area contributed by atoms with Crippen LogP contribution in [-0.2, 0) is 26.2 Å². The van der Waals surface area contributed by atoms with E-state index in [-0.39, 0.29) is 26.2 Å². The first-order valence-electron chi connectivity index (χ1n) is 8.56. The Kier molecular flexibility index (Phi) is 25.4. The van der Waals surface area contributed by atoms with E-state index in [9.17, 15) is 0 Å². The van der Waals surface area contributed by atoms with Crippen LogP contribution >= 0.6 is 0 Å². The first-order valence-corrected chi connectivity index (χ1v) is 8.56. The van der Waals surface area contributed by atoms with Gasteiger partial charge in [0.1, 0.15) is 0 Å². The van der Waals surface area contributed by atoms with Crippen LogP contribution in [0.5, 0.6) is 0 Å². The molecular formula is C22H32Zr. The topological polar surface area (TPSA) is 0 Å². The predicted octanol–water partition coefficient (Wildman–Crippen LogP) is 6.36. The van der Waals surface area contributed by atoms with Crippen LogP contribution < -0.4 is 0 Å². The molecule has 124 valence electrons. The van der Waals surface area contributed by atoms with Crippen molar-refractivity contribution in [3.63, 3.8) is 0 Å². The summed E-state index contributed by atoms with van der Waals surface area (Å²) < 4.78 is 0. The predicted molar refractivity (Wildman–Crippen MR) is 98.8 cm³/mol. The third-order valence-corrected chi connectivity index (χ3v) is 3.15. The van der Waals surface area contributed by atoms with Crippen LogP contribution in [-0.4, -0.2) is 0 Å². The van der Waals surface area contributed by atoms with Gasteiger partial charge in [0.2, 0.25) is 0 Å². The van der Waals surface area contributed by atoms with E-state index in [0.29, 0.717) is 0 Å². The summed E-state index contributed by atoms with van der Waals surface area (Å²) in [6.07, 6.45) is 31.9. The summed E-state index contributed by atoms with van der Waals surface area (Å²) >= 11 is 0. The minimum atomic E-state index is 0. The van der Waals surface area contributed by atoms with Gasteiger partial charge in [0.05, 0.1) is 0 Å². The van der Waals surface area contributed by atoms with Crippen LogP contribution in [0.3, 0.4) is 0 Å². The summed E-state index contributed by atoms with van der Waals surface area (Å²) in [5.74, 6) is 0. The minimum Gasteiger partial charge on any atom is -0.500 e. The van der Waals surface area contributed by atoms with Gasteiger partial charge in [-0.05, 0) is 64.2 Å². The minimum absolute atomic E-state index is 0. The number of allylic oxidation sites excluding steroid dienone is 2. The maximum atomic E-state index is 3.92. The first kappa shape index (κ1) is 25.9. The molecule has 1 heteroatoms. The van der Waals surface area contributed by atoms with Gasteiger partial charge in [-0.25, -0.2) is 0 Å². The molecule has 0 aromatic heterocycles. The molecule has 0 heterocycles. The quantitative estimate of drug-likeness (QED) is 0.352. The Morgan fingerprint density at radius 3 is 1.43 bits per heavy atom. The van der Waals surface area contributed by atoms with E-state index in [4.69, 9.17) is 0 Å². The van der Waals surface area contributed by atoms with E-state index in [0.717, 1.165) is 12.8 Å². The second-order valence-electron chi connectivity index (χ2n) is 5.16. The Hall–Kier alpha value is 0.623. The Labute approximate surface area is 167 Å². The van der Waals surface area contributed by atoms with Crippen molar-refractivity contribution < 1.29 is 26.2 Å². The molecule has 0 nitrogen and oxygen atoms in total. The van der Waals surface area contributed by atoms with Gasteiger partial charge >= 0.3 is 26.2 Å². The molecule has 2 aliphatic rings. The SMILES string of the molecule is [CH2-]CC(=[C-]CCCC)CCCC.[CH]1[CH][CH][CH][CH]1.[CH]1[CH][CH][CH][CH]1.[Zr+2]. The molecule has 2 rings (SSSR count). The Morgan fingerprint density at radius 1 is 0.739 bits per heavy atom. The zero-order valence-electron chi connectivity index (χ0n) is 14.9. The summed E-state index contributed by atoms with van der Waals surface area (Å²) in [6, 6.07) is 0. The number of unbranched alkanes of at least 4 members (excludes halogenated alkanes) is 3. The van der Waals surface area contributed by atoms with Crippen LogP contribution in [0.4, 0.5) is 0 Å². The van der Waals surface area contributed by atoms with E-state index in [2.05, 4.69) is 26.8 Å². The molecular weight excluding hydrogens is 355 g/mol. The molecule has 0 aliphatic heterocycles. The van der Waals surface area contributed by atoms with Crippen molar-refractivity contribution in [1.82, 2.24) is 0 Å². The Balaban J connectivity index is 0. The van der Waals surface area contributed by atoms with Gasteiger partial charge in [-0.3, -0.25) is 5.57 Å². The second-order valence-corrected chi connectivity index (χ2v) is 5.16. The van der Waals surface area contributed by atoms with Gasteiger partial charge in [0.15, 0.2) is 0 Å². The van der Waals surface area contributed by atoms with Gasteiger partial charge in [-0.15, -0.1) is 0 Å². The zero-order chi connectivity index (χ0) is 16.3. The molecule has 23 heavy (non-hydrogen) atoms. The fourth-order valence-electron chi connectivity index (χ4n) is 1.78. The maximum Gasteiger partial charge on any atom is 2.00 e. The summed E-state index contributed by atoms with van der Waals surface area (Å²) in [5.41, 5.74) is 1.44. The molecule has 2 fully saturated rings. The molecule has 0 atom stereocenters. The van der Waals surface area contributed by atoms with Crippen LogP contribution in [0.1, 0.15) is 58.8 Å². The van der Waals surface area contributed by atoms with Crippen molar-refractivity contribution in [3.8, 4) is 0 Å². The Morgan fingerprint density at radius 2 is 1.13 bits per heavy atom. The molecule has 0 unspecified atom stereocenters. The third-order valence-electron chi connectivity index (χ3n) is 3.15. The molecule has 2 aliphatic carbocycles. The second kappa shape index (κ2) is 22.6. The van der Waals surface area contributed by atoms with Crippen molar-refractivity contribution in [2.75, 3.05) is 0 Å². The smallest absolute Gasteiger partial charge is 0.500 e. The summed E-state index contributed by atoms with van der Waals surface area (Å²) in [4.78, 5) is 0. The largest absolute Gasteiger partial charge is 2.00 e. The molecule has 0 aromatic rings. The van der Waals surface area contributed by atoms with E-state index in [1.54, 1.807) is 0 Å². The third kappa shape index (κ3) is 20.6. The van der Waals surface area contributed by atoms with Gasteiger partial charge in [0.25, 0.3) is 0 Å². The van der Waals surface area contributed by atoms with Crippen LogP contribution in [0.15, 0.2) is 5.57 Å². The van der Waals surface area contributed by atoms with Crippen LogP contribution in [0.2, 0.25) is 0 Å². The fraction of sp³-hybridized carbons (Fsp3) is 0.409. The van der Waals surface area contributed by atoms with Crippen molar-refractivity contribution >= 4 is 0 Å². The molecule has 10 radical (unpaired) electrons. The van der Waals surface area contributed by atoms with Gasteiger partial charge < -0.3 is 13.0 Å². The normalized spacial score (nSPS) is 16.7. The van der Waals surface area contributed by atoms with E-state index in [1.807, 2.05) is 64.2 Å². The Bertz CT molecular complexity index is 199. The molecule has 0 spiro atoms. The summed E-state index contributed by atoms with van der Waals surface area (Å²) in [7, 11) is 0. The molecule has 0 bridgehead atoms. The van der Waals surface area contributed by atoms with Crippen LogP contribution in [0, 0.1) is 77.2 Å². The summed E-state index contributed by atoms with van der Waals surface area (Å²) in [6.45, 7) is 8.37. The molecule has 0 saturated heterocycles. The molecule has 0 aromatic carbocycles. The van der Waals surface area contributed by atoms with Gasteiger partial charge in [-0.1, -0.05) is 46.0 Å². The first-order chi connectivity index (χ1) is 10.8. The number of hydrogen-bond acceptors (Lipinski definition) is 0. The van der Waals surface area contributed by atoms with Crippen molar-refractivity contribution in [3.05, 3.63) is 82.8 Å². The number of hydrogen-bond donors (Lipinski definition) is 0. The standard InChI is InChI=1S/C12H22.2C5H5.Zr/c1-4-7-9-11-12(6-3)10-8-5-2;2*1-2-4-5-3-1;/h3-10H2,1-2H3;2*1-5H;/q-2;;;+2. The van der Waals surface area contributed by atoms with Gasteiger partial charge in [-0.2, -0.15) is 12.8 Å². The van der Waals surface area contributed by atoms with Crippen molar-refractivity contribution in [1.29, 1.82) is 0 Å². The van der Waals surface area contributed by atoms with E-state index in [1.165, 1.54) is 37.7 Å². The van der Waals surface area contributed by atoms with Crippen molar-refractivity contribution in [2.24, 2.45) is 0 Å². The molecule has 0 amide bonds. The maximum absolute atomic E-state index is 3.92.